The lowest BCUT2D eigenvalue weighted by Gasteiger charge is -2.18. The van der Waals surface area contributed by atoms with E-state index >= 15 is 0 Å². The molecule has 12 aromatic carbocycles. The summed E-state index contributed by atoms with van der Waals surface area (Å²) in [6.07, 6.45) is 0. The van der Waals surface area contributed by atoms with Crippen LogP contribution in [0.5, 0.6) is 0 Å². The maximum absolute atomic E-state index is 5.09. The quantitative estimate of drug-likeness (QED) is 0.152. The molecule has 310 valence electrons. The summed E-state index contributed by atoms with van der Waals surface area (Å²) >= 11 is 0. The van der Waals surface area contributed by atoms with Gasteiger partial charge in [0.05, 0.1) is 11.0 Å². The summed E-state index contributed by atoms with van der Waals surface area (Å²) in [4.78, 5) is 5.09. The van der Waals surface area contributed by atoms with Gasteiger partial charge < -0.3 is 0 Å². The summed E-state index contributed by atoms with van der Waals surface area (Å²) < 4.78 is 2.28. The molecule has 1 aliphatic carbocycles. The van der Waals surface area contributed by atoms with Crippen molar-refractivity contribution in [3.63, 3.8) is 0 Å². The number of rotatable bonds is 6. The number of imidazole rings is 1. The van der Waals surface area contributed by atoms with E-state index in [1.165, 1.54) is 110 Å². The highest BCUT2D eigenvalue weighted by Crippen LogP contribution is 2.53. The third kappa shape index (κ3) is 5.87. The van der Waals surface area contributed by atoms with Gasteiger partial charge in [-0.15, -0.1) is 0 Å². The molecular formula is C65H40N2. The smallest absolute Gasteiger partial charge is 0.145 e. The van der Waals surface area contributed by atoms with Crippen molar-refractivity contribution in [2.45, 2.75) is 0 Å². The van der Waals surface area contributed by atoms with Gasteiger partial charge in [0.2, 0.25) is 0 Å². The molecule has 0 saturated heterocycles. The van der Waals surface area contributed by atoms with Crippen LogP contribution < -0.4 is 0 Å². The molecular weight excluding hydrogens is 809 g/mol. The van der Waals surface area contributed by atoms with E-state index in [1.807, 2.05) is 0 Å². The molecule has 2 heteroatoms. The van der Waals surface area contributed by atoms with Crippen LogP contribution in [-0.4, -0.2) is 9.55 Å². The van der Waals surface area contributed by atoms with E-state index in [0.29, 0.717) is 0 Å². The van der Waals surface area contributed by atoms with Crippen LogP contribution in [0.2, 0.25) is 0 Å². The third-order valence-corrected chi connectivity index (χ3v) is 14.1. The fourth-order valence-corrected chi connectivity index (χ4v) is 11.0. The number of nitrogens with zero attached hydrogens (tertiary/aromatic N) is 2. The molecule has 0 saturated carbocycles. The summed E-state index contributed by atoms with van der Waals surface area (Å²) in [7, 11) is 0. The van der Waals surface area contributed by atoms with Gasteiger partial charge in [0.25, 0.3) is 0 Å². The second-order valence-electron chi connectivity index (χ2n) is 17.8. The number of hydrogen-bond donors (Lipinski definition) is 0. The summed E-state index contributed by atoms with van der Waals surface area (Å²) in [5.41, 5.74) is 19.2. The molecule has 0 aliphatic heterocycles. The Morgan fingerprint density at radius 2 is 0.746 bits per heavy atom. The first-order chi connectivity index (χ1) is 33.2. The Hall–Kier alpha value is -8.85. The van der Waals surface area contributed by atoms with Crippen molar-refractivity contribution >= 4 is 54.1 Å². The second kappa shape index (κ2) is 14.9. The Morgan fingerprint density at radius 1 is 0.254 bits per heavy atom. The maximum atomic E-state index is 5.09. The minimum Gasteiger partial charge on any atom is -0.292 e. The fourth-order valence-electron chi connectivity index (χ4n) is 11.0. The Labute approximate surface area is 388 Å². The topological polar surface area (TPSA) is 17.8 Å². The van der Waals surface area contributed by atoms with E-state index in [1.54, 1.807) is 0 Å². The molecule has 2 nitrogen and oxygen atoms in total. The van der Waals surface area contributed by atoms with Gasteiger partial charge in [-0.05, 0) is 164 Å². The lowest BCUT2D eigenvalue weighted by atomic mass is 9.85. The first kappa shape index (κ1) is 37.5. The zero-order valence-corrected chi connectivity index (χ0v) is 36.5. The number of para-hydroxylation sites is 2. The highest BCUT2D eigenvalue weighted by molar-refractivity contribution is 6.27. The molecule has 0 fully saturated rings. The molecule has 0 spiro atoms. The minimum absolute atomic E-state index is 0.940. The Morgan fingerprint density at radius 3 is 1.43 bits per heavy atom. The van der Waals surface area contributed by atoms with E-state index in [0.717, 1.165) is 28.1 Å². The SMILES string of the molecule is c1ccc(-c2ccc3c(c2)c(-c2ccccc2)cc2c4cc5c(cc4c(-c4ccccc4)cc32)-c2cccc3c(-c4ccc(-n6c(-c7ccccc7)nc7ccccc76)cc4)ccc-5c23)cc1. The molecule has 0 amide bonds. The van der Waals surface area contributed by atoms with Crippen molar-refractivity contribution in [1.82, 2.24) is 9.55 Å². The summed E-state index contributed by atoms with van der Waals surface area (Å²) in [5, 5.41) is 10.2. The second-order valence-corrected chi connectivity index (χ2v) is 17.8. The zero-order chi connectivity index (χ0) is 44.0. The number of aromatic nitrogens is 2. The lowest BCUT2D eigenvalue weighted by molar-refractivity contribution is 1.10. The Bertz CT molecular complexity index is 4100. The predicted octanol–water partition coefficient (Wildman–Crippen LogP) is 17.6. The number of hydrogen-bond acceptors (Lipinski definition) is 1. The average Bonchev–Trinajstić information content (AvgIpc) is 3.95. The molecule has 14 rings (SSSR count). The van der Waals surface area contributed by atoms with Gasteiger partial charge in [0, 0.05) is 11.3 Å². The zero-order valence-electron chi connectivity index (χ0n) is 36.5. The van der Waals surface area contributed by atoms with E-state index < -0.39 is 0 Å². The Kier molecular flexibility index (Phi) is 8.32. The van der Waals surface area contributed by atoms with E-state index in [-0.39, 0.29) is 0 Å². The van der Waals surface area contributed by atoms with Crippen molar-refractivity contribution in [3.8, 4) is 83.8 Å². The van der Waals surface area contributed by atoms with Crippen LogP contribution in [0.1, 0.15) is 0 Å². The van der Waals surface area contributed by atoms with Crippen molar-refractivity contribution in [2.75, 3.05) is 0 Å². The third-order valence-electron chi connectivity index (χ3n) is 14.1. The molecule has 1 aromatic heterocycles. The standard InChI is InChI=1S/C65H40N2/c1-5-16-41(17-6-1)46-30-33-49-55(36-46)53(42-18-7-2-8-19-42)38-60-56(49)37-54(43-20-9-3-10-21-43)59-39-57-51-25-15-24-50-48(34-35-52(64(50)51)58(57)40-61(59)60)44-28-31-47(32-29-44)67-63-27-14-13-26-62(63)66-65(67)45-22-11-4-12-23-45/h1-40H. The minimum atomic E-state index is 0.940. The lowest BCUT2D eigenvalue weighted by Crippen LogP contribution is -1.97. The van der Waals surface area contributed by atoms with Crippen LogP contribution in [0.15, 0.2) is 243 Å². The van der Waals surface area contributed by atoms with Gasteiger partial charge in [-0.2, -0.15) is 0 Å². The highest BCUT2D eigenvalue weighted by atomic mass is 15.1. The molecule has 0 unspecified atom stereocenters. The van der Waals surface area contributed by atoms with Crippen molar-refractivity contribution in [3.05, 3.63) is 243 Å². The summed E-state index contributed by atoms with van der Waals surface area (Å²) in [6.45, 7) is 0. The van der Waals surface area contributed by atoms with Crippen molar-refractivity contribution in [2.24, 2.45) is 0 Å². The van der Waals surface area contributed by atoms with Crippen LogP contribution in [0.3, 0.4) is 0 Å². The normalized spacial score (nSPS) is 11.9. The van der Waals surface area contributed by atoms with Gasteiger partial charge >= 0.3 is 0 Å². The molecule has 1 aliphatic rings. The van der Waals surface area contributed by atoms with E-state index in [9.17, 15) is 0 Å². The van der Waals surface area contributed by atoms with Gasteiger partial charge in [0.15, 0.2) is 0 Å². The first-order valence-electron chi connectivity index (χ1n) is 23.1. The van der Waals surface area contributed by atoms with E-state index in [2.05, 4.69) is 247 Å². The van der Waals surface area contributed by atoms with Crippen LogP contribution in [0, 0.1) is 0 Å². The Balaban J connectivity index is 0.966. The van der Waals surface area contributed by atoms with Crippen LogP contribution in [0.25, 0.3) is 138 Å². The van der Waals surface area contributed by atoms with Gasteiger partial charge in [0.1, 0.15) is 5.82 Å². The fraction of sp³-hybridized carbons (Fsp3) is 0. The highest BCUT2D eigenvalue weighted by Gasteiger charge is 2.26. The van der Waals surface area contributed by atoms with Gasteiger partial charge in [-0.25, -0.2) is 4.98 Å². The molecule has 0 N–H and O–H groups in total. The van der Waals surface area contributed by atoms with Crippen LogP contribution >= 0.6 is 0 Å². The molecule has 67 heavy (non-hydrogen) atoms. The summed E-state index contributed by atoms with van der Waals surface area (Å²) in [5.74, 6) is 0.940. The molecule has 0 radical (unpaired) electrons. The maximum Gasteiger partial charge on any atom is 0.145 e. The van der Waals surface area contributed by atoms with Crippen LogP contribution in [0.4, 0.5) is 0 Å². The molecule has 1 heterocycles. The average molecular weight is 849 g/mol. The van der Waals surface area contributed by atoms with Gasteiger partial charge in [-0.3, -0.25) is 4.57 Å². The van der Waals surface area contributed by atoms with Crippen LogP contribution in [-0.2, 0) is 0 Å². The first-order valence-corrected chi connectivity index (χ1v) is 23.1. The number of benzene rings is 12. The molecule has 13 aromatic rings. The van der Waals surface area contributed by atoms with E-state index in [4.69, 9.17) is 4.98 Å². The largest absolute Gasteiger partial charge is 0.292 e. The van der Waals surface area contributed by atoms with Gasteiger partial charge in [-0.1, -0.05) is 188 Å². The van der Waals surface area contributed by atoms with Crippen molar-refractivity contribution < 1.29 is 0 Å². The molecule has 0 atom stereocenters. The monoisotopic (exact) mass is 848 g/mol. The predicted molar refractivity (Wildman–Crippen MR) is 283 cm³/mol. The molecule has 0 bridgehead atoms. The van der Waals surface area contributed by atoms with Crippen molar-refractivity contribution in [1.29, 1.82) is 0 Å². The number of fused-ring (bicyclic) bond motifs is 9. The summed E-state index contributed by atoms with van der Waals surface area (Å²) in [6, 6.07) is 89.0.